The molecular weight excluding hydrogens is 593 g/mol. The fraction of sp³-hybridized carbons (Fsp3) is 0.921. The molecule has 0 spiro atoms. The number of carboxylic acids is 3. The Morgan fingerprint density at radius 2 is 0.543 bits per heavy atom. The summed E-state index contributed by atoms with van der Waals surface area (Å²) in [5.74, 6) is -3.00. The summed E-state index contributed by atoms with van der Waals surface area (Å²) >= 11 is 0. The monoisotopic (exact) mass is 667 g/mol. The molecule has 7 nitrogen and oxygen atoms in total. The van der Waals surface area contributed by atoms with Crippen LogP contribution in [0.15, 0.2) is 0 Å². The van der Waals surface area contributed by atoms with Crippen molar-refractivity contribution < 1.29 is 34.8 Å². The molecule has 0 rings (SSSR count). The van der Waals surface area contributed by atoms with Crippen molar-refractivity contribution in [2.75, 3.05) is 6.61 Å². The maximum atomic E-state index is 10.2. The van der Waals surface area contributed by atoms with E-state index in [0.717, 1.165) is 25.7 Å². The van der Waals surface area contributed by atoms with Gasteiger partial charge in [0.2, 0.25) is 0 Å². The van der Waals surface area contributed by atoms with Gasteiger partial charge in [0.05, 0.1) is 0 Å². The van der Waals surface area contributed by atoms with Gasteiger partial charge in [0.25, 0.3) is 0 Å². The van der Waals surface area contributed by atoms with Gasteiger partial charge < -0.3 is 30.0 Å². The third-order valence-electron chi connectivity index (χ3n) is 8.10. The second-order valence-corrected chi connectivity index (χ2v) is 12.7. The van der Waals surface area contributed by atoms with Crippen molar-refractivity contribution in [3.8, 4) is 0 Å². The van der Waals surface area contributed by atoms with Gasteiger partial charge in [-0.1, -0.05) is 194 Å². The SMILES string of the molecule is CCCCCCCCCCCCCCCCCC(=O)[O-].CCCCCCCCCCCCCCCCCC(=O)[O-].O=C(O)CO.[Mg+2]. The van der Waals surface area contributed by atoms with Crippen LogP contribution >= 0.6 is 0 Å². The fourth-order valence-electron chi connectivity index (χ4n) is 5.28. The van der Waals surface area contributed by atoms with Crippen LogP contribution in [-0.2, 0) is 14.4 Å². The van der Waals surface area contributed by atoms with Gasteiger partial charge in [0.1, 0.15) is 6.61 Å². The van der Waals surface area contributed by atoms with Crippen LogP contribution in [0.1, 0.15) is 219 Å². The summed E-state index contributed by atoms with van der Waals surface area (Å²) in [5, 5.41) is 35.5. The molecule has 46 heavy (non-hydrogen) atoms. The molecule has 0 bridgehead atoms. The Bertz CT molecular complexity index is 558. The van der Waals surface area contributed by atoms with Crippen LogP contribution in [0.3, 0.4) is 0 Å². The van der Waals surface area contributed by atoms with Gasteiger partial charge in [-0.15, -0.1) is 0 Å². The Hall–Kier alpha value is -0.864. The van der Waals surface area contributed by atoms with E-state index in [0.29, 0.717) is 0 Å². The van der Waals surface area contributed by atoms with Crippen LogP contribution in [0.25, 0.3) is 0 Å². The predicted octanol–water partition coefficient (Wildman–Crippen LogP) is 8.68. The second-order valence-electron chi connectivity index (χ2n) is 12.7. The van der Waals surface area contributed by atoms with E-state index in [1.165, 1.54) is 167 Å². The number of unbranched alkanes of at least 4 members (excludes halogenated alkanes) is 28. The molecule has 0 unspecified atom stereocenters. The van der Waals surface area contributed by atoms with Crippen LogP contribution in [0, 0.1) is 0 Å². The molecule has 0 amide bonds. The molecule has 0 fully saturated rings. The van der Waals surface area contributed by atoms with Gasteiger partial charge in [-0.3, -0.25) is 0 Å². The van der Waals surface area contributed by atoms with E-state index in [9.17, 15) is 19.8 Å². The molecule has 0 heterocycles. The first-order chi connectivity index (χ1) is 21.8. The van der Waals surface area contributed by atoms with E-state index >= 15 is 0 Å². The van der Waals surface area contributed by atoms with Crippen LogP contribution < -0.4 is 10.2 Å². The number of hydrogen-bond acceptors (Lipinski definition) is 6. The minimum absolute atomic E-state index is 0. The van der Waals surface area contributed by atoms with E-state index in [1.807, 2.05) is 0 Å². The zero-order valence-electron chi connectivity index (χ0n) is 30.5. The quantitative estimate of drug-likeness (QED) is 0.0528. The average molecular weight is 667 g/mol. The zero-order chi connectivity index (χ0) is 34.1. The largest absolute Gasteiger partial charge is 2.00 e. The maximum absolute atomic E-state index is 10.2. The molecule has 0 aromatic rings. The Morgan fingerprint density at radius 3 is 0.674 bits per heavy atom. The predicted molar refractivity (Wildman–Crippen MR) is 190 cm³/mol. The van der Waals surface area contributed by atoms with E-state index < -0.39 is 24.5 Å². The fourth-order valence-corrected chi connectivity index (χ4v) is 5.28. The molecule has 0 atom stereocenters. The van der Waals surface area contributed by atoms with Crippen molar-refractivity contribution in [2.24, 2.45) is 0 Å². The number of hydrogen-bond donors (Lipinski definition) is 2. The minimum atomic E-state index is -1.19. The topological polar surface area (TPSA) is 138 Å². The van der Waals surface area contributed by atoms with Crippen LogP contribution in [0.2, 0.25) is 0 Å². The molecule has 0 aliphatic rings. The number of aliphatic carboxylic acids is 3. The molecule has 0 aliphatic carbocycles. The number of aliphatic hydroxyl groups is 1. The smallest absolute Gasteiger partial charge is 0.550 e. The van der Waals surface area contributed by atoms with Gasteiger partial charge in [-0.05, 0) is 25.7 Å². The summed E-state index contributed by atoms with van der Waals surface area (Å²) in [7, 11) is 0. The number of carbonyl (C=O) groups is 3. The number of carboxylic acid groups (broad SMARTS) is 3. The zero-order valence-corrected chi connectivity index (χ0v) is 31.9. The van der Waals surface area contributed by atoms with Crippen LogP contribution in [0.5, 0.6) is 0 Å². The number of carbonyl (C=O) groups excluding carboxylic acids is 2. The van der Waals surface area contributed by atoms with E-state index in [-0.39, 0.29) is 35.9 Å². The minimum Gasteiger partial charge on any atom is -0.550 e. The molecule has 2 N–H and O–H groups in total. The van der Waals surface area contributed by atoms with Crippen molar-refractivity contribution in [2.45, 2.75) is 219 Å². The Kier molecular flexibility index (Phi) is 54.8. The summed E-state index contributed by atoms with van der Waals surface area (Å²) in [4.78, 5) is 29.6. The van der Waals surface area contributed by atoms with E-state index in [1.54, 1.807) is 0 Å². The molecular formula is C38H74MgO7. The van der Waals surface area contributed by atoms with Gasteiger partial charge in [-0.2, -0.15) is 0 Å². The summed E-state index contributed by atoms with van der Waals surface area (Å²) in [6.45, 7) is 3.76. The molecule has 8 heteroatoms. The van der Waals surface area contributed by atoms with Gasteiger partial charge in [0.15, 0.2) is 0 Å². The van der Waals surface area contributed by atoms with E-state index in [2.05, 4.69) is 13.8 Å². The van der Waals surface area contributed by atoms with Crippen molar-refractivity contribution in [1.29, 1.82) is 0 Å². The molecule has 0 aromatic carbocycles. The van der Waals surface area contributed by atoms with Crippen molar-refractivity contribution in [1.82, 2.24) is 0 Å². The third-order valence-corrected chi connectivity index (χ3v) is 8.10. The van der Waals surface area contributed by atoms with Crippen LogP contribution in [0.4, 0.5) is 0 Å². The molecule has 0 aromatic heterocycles. The Labute approximate surface area is 300 Å². The van der Waals surface area contributed by atoms with Crippen molar-refractivity contribution >= 4 is 41.0 Å². The van der Waals surface area contributed by atoms with Crippen molar-refractivity contribution in [3.63, 3.8) is 0 Å². The first-order valence-corrected chi connectivity index (χ1v) is 19.0. The molecule has 270 valence electrons. The first-order valence-electron chi connectivity index (χ1n) is 19.0. The van der Waals surface area contributed by atoms with Gasteiger partial charge in [0, 0.05) is 11.9 Å². The third kappa shape index (κ3) is 62.0. The number of rotatable bonds is 33. The normalized spacial score (nSPS) is 10.2. The number of aliphatic hydroxyl groups excluding tert-OH is 1. The van der Waals surface area contributed by atoms with Crippen LogP contribution in [-0.4, -0.2) is 57.8 Å². The first kappa shape index (κ1) is 52.0. The Balaban J connectivity index is -0.000000327. The molecule has 0 radical (unpaired) electrons. The standard InChI is InChI=1S/2C18H36O2.C2H4O3.Mg/c2*1-2-3-4-5-6-7-8-9-10-11-12-13-14-15-16-17-18(19)20;3-1-2(4)5;/h2*2-17H2,1H3,(H,19,20);3H,1H2,(H,4,5);/q;;;+2/p-2. The second kappa shape index (κ2) is 48.5. The van der Waals surface area contributed by atoms with Crippen molar-refractivity contribution in [3.05, 3.63) is 0 Å². The summed E-state index contributed by atoms with van der Waals surface area (Å²) in [6.07, 6.45) is 39.7. The maximum Gasteiger partial charge on any atom is 2.00 e. The molecule has 0 saturated carbocycles. The van der Waals surface area contributed by atoms with E-state index in [4.69, 9.17) is 15.0 Å². The summed E-state index contributed by atoms with van der Waals surface area (Å²) in [5.41, 5.74) is 0. The van der Waals surface area contributed by atoms with Gasteiger partial charge in [-0.25, -0.2) is 4.79 Å². The summed E-state index contributed by atoms with van der Waals surface area (Å²) < 4.78 is 0. The van der Waals surface area contributed by atoms with Gasteiger partial charge >= 0.3 is 29.0 Å². The summed E-state index contributed by atoms with van der Waals surface area (Å²) in [6, 6.07) is 0. The Morgan fingerprint density at radius 1 is 0.391 bits per heavy atom. The molecule has 0 saturated heterocycles. The average Bonchev–Trinajstić information content (AvgIpc) is 3.01. The molecule has 0 aliphatic heterocycles.